The molecule has 2 aromatic heterocycles. The number of amides is 1. The van der Waals surface area contributed by atoms with Crippen molar-refractivity contribution in [3.63, 3.8) is 0 Å². The van der Waals surface area contributed by atoms with E-state index < -0.39 is 29.3 Å². The molecule has 7 rings (SSSR count). The zero-order valence-electron chi connectivity index (χ0n) is 27.5. The number of aliphatic hydroxyl groups is 1. The Bertz CT molecular complexity index is 2080. The highest BCUT2D eigenvalue weighted by Gasteiger charge is 2.44. The van der Waals surface area contributed by atoms with Crippen LogP contribution in [0, 0.1) is 22.7 Å². The van der Waals surface area contributed by atoms with Crippen LogP contribution in [0.3, 0.4) is 0 Å². The van der Waals surface area contributed by atoms with Gasteiger partial charge in [0, 0.05) is 30.8 Å². The van der Waals surface area contributed by atoms with Crippen molar-refractivity contribution in [1.29, 1.82) is 10.5 Å². The highest BCUT2D eigenvalue weighted by Crippen LogP contribution is 2.44. The molecule has 3 aliphatic rings. The topological polar surface area (TPSA) is 147 Å². The van der Waals surface area contributed by atoms with Crippen LogP contribution in [-0.2, 0) is 26.3 Å². The summed E-state index contributed by atoms with van der Waals surface area (Å²) in [5, 5.41) is 41.2. The van der Waals surface area contributed by atoms with Gasteiger partial charge in [0.15, 0.2) is 5.82 Å². The van der Waals surface area contributed by atoms with E-state index in [0.717, 1.165) is 31.7 Å². The quantitative estimate of drug-likeness (QED) is 0.224. The van der Waals surface area contributed by atoms with Crippen molar-refractivity contribution in [2.24, 2.45) is 7.05 Å². The minimum absolute atomic E-state index is 0.0497. The first kappa shape index (κ1) is 33.2. The smallest absolute Gasteiger partial charge is 0.391 e. The van der Waals surface area contributed by atoms with Crippen LogP contribution in [0.5, 0.6) is 0 Å². The highest BCUT2D eigenvalue weighted by atomic mass is 19.4. The molecular weight excluding hydrogens is 647 g/mol. The number of nitrogens with one attached hydrogen (secondary N) is 1. The minimum Gasteiger partial charge on any atom is -0.391 e. The second kappa shape index (κ2) is 12.5. The first-order chi connectivity index (χ1) is 23.9. The second-order valence-electron chi connectivity index (χ2n) is 13.5. The molecule has 2 N–H and O–H groups in total. The number of hydrogen-bond acceptors (Lipinski definition) is 9. The number of anilines is 2. The lowest BCUT2D eigenvalue weighted by Gasteiger charge is -2.27. The van der Waals surface area contributed by atoms with Gasteiger partial charge in [-0.05, 0) is 104 Å². The van der Waals surface area contributed by atoms with E-state index in [9.17, 15) is 33.6 Å². The molecule has 3 heterocycles. The number of benzene rings is 2. The van der Waals surface area contributed by atoms with Gasteiger partial charge < -0.3 is 15.0 Å². The molecule has 2 saturated carbocycles. The Morgan fingerprint density at radius 3 is 2.54 bits per heavy atom. The molecule has 0 saturated heterocycles. The van der Waals surface area contributed by atoms with Gasteiger partial charge in [0.1, 0.15) is 18.0 Å². The molecule has 14 heteroatoms. The van der Waals surface area contributed by atoms with Gasteiger partial charge in [0.2, 0.25) is 0 Å². The van der Waals surface area contributed by atoms with Crippen LogP contribution < -0.4 is 10.2 Å². The van der Waals surface area contributed by atoms with Gasteiger partial charge in [-0.3, -0.25) is 14.6 Å². The molecule has 11 nitrogen and oxygen atoms in total. The fourth-order valence-electron chi connectivity index (χ4n) is 7.21. The number of nitriles is 2. The third-order valence-corrected chi connectivity index (χ3v) is 10.0. The predicted octanol–water partition coefficient (Wildman–Crippen LogP) is 5.80. The lowest BCUT2D eigenvalue weighted by molar-refractivity contribution is -0.138. The zero-order valence-corrected chi connectivity index (χ0v) is 27.5. The van der Waals surface area contributed by atoms with Crippen molar-refractivity contribution in [2.75, 3.05) is 17.3 Å². The van der Waals surface area contributed by atoms with Gasteiger partial charge in [-0.2, -0.15) is 23.7 Å². The van der Waals surface area contributed by atoms with Gasteiger partial charge >= 0.3 is 6.18 Å². The summed E-state index contributed by atoms with van der Waals surface area (Å²) in [6, 6.07) is 15.3. The maximum atomic E-state index is 14.6. The van der Waals surface area contributed by atoms with Crippen LogP contribution in [0.2, 0.25) is 0 Å². The molecule has 0 unspecified atom stereocenters. The summed E-state index contributed by atoms with van der Waals surface area (Å²) in [6.45, 7) is -0.220. The number of likely N-dealkylation sites (N-methyl/N-ethyl adjacent to an activating group) is 1. The van der Waals surface area contributed by atoms with Crippen LogP contribution in [0.1, 0.15) is 71.1 Å². The summed E-state index contributed by atoms with van der Waals surface area (Å²) in [5.74, 6) is 0.353. The molecule has 4 aromatic rings. The van der Waals surface area contributed by atoms with Crippen molar-refractivity contribution in [1.82, 2.24) is 24.6 Å². The SMILES string of the molecule is CN(Cc1cc2c(c(C(F)(F)F)c1)CN(c1cc(-c3cc(C#N)ccc3-c3nncn3C)cc(NC3(CC#N)CC3)n1)C2=O)[C@@H]1CCC[C@@H]1O. The Kier molecular flexibility index (Phi) is 8.33. The third kappa shape index (κ3) is 6.17. The van der Waals surface area contributed by atoms with E-state index in [1.807, 2.05) is 4.90 Å². The number of carbonyl (C=O) groups is 1. The van der Waals surface area contributed by atoms with Gasteiger partial charge in [0.25, 0.3) is 5.91 Å². The number of hydrogen-bond donors (Lipinski definition) is 2. The number of aliphatic hydroxyl groups excluding tert-OH is 1. The fourth-order valence-corrected chi connectivity index (χ4v) is 7.21. The first-order valence-corrected chi connectivity index (χ1v) is 16.4. The molecule has 0 radical (unpaired) electrons. The number of aryl methyl sites for hydroxylation is 1. The lowest BCUT2D eigenvalue weighted by Crippen LogP contribution is -2.37. The molecule has 0 spiro atoms. The standard InChI is InChI=1S/C36H34F3N9O2/c1-46(29-4-3-5-30(29)49)18-22-13-26-27(28(14-22)36(37,38)39)19-48(34(26)50)32-16-23(15-31(43-32)44-35(8-9-35)10-11-40)25-12-21(17-41)6-7-24(25)33-45-42-20-47(33)2/h6-7,12-16,20,29-30,49H,3-5,8-10,18-19H2,1-2H3,(H,43,44)/t29-,30+/m1/s1. The summed E-state index contributed by atoms with van der Waals surface area (Å²) in [7, 11) is 3.55. The van der Waals surface area contributed by atoms with Crippen molar-refractivity contribution >= 4 is 17.5 Å². The largest absolute Gasteiger partial charge is 0.416 e. The zero-order chi connectivity index (χ0) is 35.4. The average Bonchev–Trinajstić information content (AvgIpc) is 3.34. The number of alkyl halides is 3. The number of halogens is 3. The van der Waals surface area contributed by atoms with E-state index >= 15 is 0 Å². The van der Waals surface area contributed by atoms with Crippen molar-refractivity contribution in [3.8, 4) is 34.7 Å². The van der Waals surface area contributed by atoms with Crippen LogP contribution >= 0.6 is 0 Å². The first-order valence-electron chi connectivity index (χ1n) is 16.4. The van der Waals surface area contributed by atoms with Crippen LogP contribution in [0.15, 0.2) is 48.8 Å². The van der Waals surface area contributed by atoms with Crippen molar-refractivity contribution in [2.45, 2.75) is 75.5 Å². The lowest BCUT2D eigenvalue weighted by atomic mass is 9.97. The third-order valence-electron chi connectivity index (χ3n) is 10.0. The minimum atomic E-state index is -4.72. The Balaban J connectivity index is 1.32. The van der Waals surface area contributed by atoms with Gasteiger partial charge in [-0.25, -0.2) is 4.98 Å². The summed E-state index contributed by atoms with van der Waals surface area (Å²) in [6.07, 6.45) is 0.169. The van der Waals surface area contributed by atoms with Gasteiger partial charge in [-0.1, -0.05) is 0 Å². The van der Waals surface area contributed by atoms with Gasteiger partial charge in [0.05, 0.1) is 47.9 Å². The van der Waals surface area contributed by atoms with E-state index in [-0.39, 0.29) is 42.5 Å². The summed E-state index contributed by atoms with van der Waals surface area (Å²) in [5.41, 5.74) is 0.879. The average molecular weight is 682 g/mol. The molecule has 1 amide bonds. The number of rotatable bonds is 9. The molecule has 1 aliphatic heterocycles. The van der Waals surface area contributed by atoms with Crippen LogP contribution in [-0.4, -0.2) is 60.4 Å². The van der Waals surface area contributed by atoms with Crippen molar-refractivity contribution < 1.29 is 23.1 Å². The van der Waals surface area contributed by atoms with Crippen LogP contribution in [0.4, 0.5) is 24.8 Å². The normalized spacial score (nSPS) is 19.4. The van der Waals surface area contributed by atoms with Crippen molar-refractivity contribution in [3.05, 3.63) is 76.6 Å². The summed E-state index contributed by atoms with van der Waals surface area (Å²) >= 11 is 0. The maximum absolute atomic E-state index is 14.6. The van der Waals surface area contributed by atoms with E-state index in [0.29, 0.717) is 45.9 Å². The second-order valence-corrected chi connectivity index (χ2v) is 13.5. The number of pyridine rings is 1. The fraction of sp³-hybridized carbons (Fsp3) is 0.389. The monoisotopic (exact) mass is 681 g/mol. The number of nitrogens with zero attached hydrogens (tertiary/aromatic N) is 8. The molecule has 2 atom stereocenters. The van der Waals surface area contributed by atoms with E-state index in [1.165, 1.54) is 11.0 Å². The number of fused-ring (bicyclic) bond motifs is 1. The molecular formula is C36H34F3N9O2. The van der Waals surface area contributed by atoms with E-state index in [2.05, 4.69) is 27.7 Å². The molecule has 2 fully saturated rings. The highest BCUT2D eigenvalue weighted by molar-refractivity contribution is 6.10. The molecule has 50 heavy (non-hydrogen) atoms. The molecule has 0 bridgehead atoms. The molecule has 256 valence electrons. The Morgan fingerprint density at radius 1 is 1.10 bits per heavy atom. The number of aromatic nitrogens is 4. The summed E-state index contributed by atoms with van der Waals surface area (Å²) in [4.78, 5) is 21.9. The van der Waals surface area contributed by atoms with Crippen LogP contribution in [0.25, 0.3) is 22.5 Å². The Morgan fingerprint density at radius 2 is 1.90 bits per heavy atom. The summed E-state index contributed by atoms with van der Waals surface area (Å²) < 4.78 is 45.5. The predicted molar refractivity (Wildman–Crippen MR) is 177 cm³/mol. The molecule has 2 aromatic carbocycles. The van der Waals surface area contributed by atoms with E-state index in [4.69, 9.17) is 4.98 Å². The Labute approximate surface area is 286 Å². The van der Waals surface area contributed by atoms with Gasteiger partial charge in [-0.15, -0.1) is 10.2 Å². The molecule has 2 aliphatic carbocycles. The maximum Gasteiger partial charge on any atom is 0.416 e. The number of carbonyl (C=O) groups excluding carboxylic acids is 1. The Hall–Kier alpha value is -5.31. The van der Waals surface area contributed by atoms with E-state index in [1.54, 1.807) is 55.3 Å².